The van der Waals surface area contributed by atoms with E-state index >= 15 is 0 Å². The van der Waals surface area contributed by atoms with Gasteiger partial charge in [0.25, 0.3) is 0 Å². The zero-order chi connectivity index (χ0) is 15.9. The number of nitrogens with one attached hydrogen (secondary N) is 1. The Morgan fingerprint density at radius 1 is 1.41 bits per heavy atom. The average molecular weight is 304 g/mol. The first kappa shape index (κ1) is 16.5. The van der Waals surface area contributed by atoms with Gasteiger partial charge in [0.1, 0.15) is 0 Å². The second-order valence-electron chi connectivity index (χ2n) is 5.84. The third-order valence-electron chi connectivity index (χ3n) is 3.92. The molecule has 0 aromatic heterocycles. The van der Waals surface area contributed by atoms with Gasteiger partial charge in [-0.2, -0.15) is 0 Å². The maximum Gasteiger partial charge on any atom is 0.223 e. The molecule has 1 heterocycles. The number of methoxy groups -OCH3 is 1. The second-order valence-corrected chi connectivity index (χ2v) is 5.84. The van der Waals surface area contributed by atoms with Crippen LogP contribution in [0.15, 0.2) is 24.3 Å². The molecule has 5 heteroatoms. The molecule has 1 atom stereocenters. The molecule has 5 nitrogen and oxygen atoms in total. The zero-order valence-electron chi connectivity index (χ0n) is 13.3. The summed E-state index contributed by atoms with van der Waals surface area (Å²) >= 11 is 0. The molecule has 0 saturated carbocycles. The van der Waals surface area contributed by atoms with Gasteiger partial charge >= 0.3 is 0 Å². The lowest BCUT2D eigenvalue weighted by molar-refractivity contribution is -0.128. The van der Waals surface area contributed by atoms with Crippen LogP contribution in [0.25, 0.3) is 0 Å². The van der Waals surface area contributed by atoms with Crippen molar-refractivity contribution in [3.63, 3.8) is 0 Å². The van der Waals surface area contributed by atoms with Crippen LogP contribution in [-0.4, -0.2) is 43.5 Å². The highest BCUT2D eigenvalue weighted by Gasteiger charge is 2.29. The number of carbonyl (C=O) groups is 2. The third-order valence-corrected chi connectivity index (χ3v) is 3.92. The van der Waals surface area contributed by atoms with Crippen LogP contribution in [0, 0.1) is 5.92 Å². The second kappa shape index (κ2) is 7.94. The van der Waals surface area contributed by atoms with Crippen molar-refractivity contribution in [2.24, 2.45) is 5.92 Å². The van der Waals surface area contributed by atoms with Crippen molar-refractivity contribution in [3.05, 3.63) is 35.4 Å². The van der Waals surface area contributed by atoms with E-state index in [1.807, 2.05) is 17.0 Å². The molecule has 1 N–H and O–H groups in total. The number of amides is 2. The molecule has 1 fully saturated rings. The lowest BCUT2D eigenvalue weighted by Crippen LogP contribution is -2.28. The van der Waals surface area contributed by atoms with Crippen molar-refractivity contribution >= 4 is 11.8 Å². The Labute approximate surface area is 131 Å². The van der Waals surface area contributed by atoms with Gasteiger partial charge in [0, 0.05) is 40.1 Å². The van der Waals surface area contributed by atoms with Crippen molar-refractivity contribution in [1.82, 2.24) is 10.2 Å². The third kappa shape index (κ3) is 4.84. The summed E-state index contributed by atoms with van der Waals surface area (Å²) in [5.41, 5.74) is 2.31. The molecule has 1 aromatic carbocycles. The topological polar surface area (TPSA) is 58.6 Å². The van der Waals surface area contributed by atoms with Crippen LogP contribution in [0.1, 0.15) is 24.5 Å². The molecular formula is C17H24N2O3. The van der Waals surface area contributed by atoms with E-state index in [9.17, 15) is 9.59 Å². The Bertz CT molecular complexity index is 530. The lowest BCUT2D eigenvalue weighted by Gasteiger charge is -2.16. The number of carbonyl (C=O) groups excluding carboxylic acids is 2. The first-order valence-corrected chi connectivity index (χ1v) is 7.67. The zero-order valence-corrected chi connectivity index (χ0v) is 13.3. The van der Waals surface area contributed by atoms with Crippen LogP contribution < -0.4 is 5.32 Å². The van der Waals surface area contributed by atoms with Gasteiger partial charge in [-0.3, -0.25) is 9.59 Å². The van der Waals surface area contributed by atoms with Crippen molar-refractivity contribution in [1.29, 1.82) is 0 Å². The first-order valence-electron chi connectivity index (χ1n) is 7.67. The minimum Gasteiger partial charge on any atom is -0.383 e. The summed E-state index contributed by atoms with van der Waals surface area (Å²) in [6, 6.07) is 8.20. The van der Waals surface area contributed by atoms with Crippen LogP contribution in [0.4, 0.5) is 0 Å². The van der Waals surface area contributed by atoms with E-state index < -0.39 is 0 Å². The number of rotatable bonds is 7. The van der Waals surface area contributed by atoms with Gasteiger partial charge in [-0.25, -0.2) is 0 Å². The lowest BCUT2D eigenvalue weighted by atomic mass is 9.97. The van der Waals surface area contributed by atoms with Crippen molar-refractivity contribution in [2.75, 3.05) is 26.8 Å². The maximum absolute atomic E-state index is 11.9. The van der Waals surface area contributed by atoms with Crippen molar-refractivity contribution < 1.29 is 14.3 Å². The van der Waals surface area contributed by atoms with Gasteiger partial charge in [-0.1, -0.05) is 24.3 Å². The molecule has 0 bridgehead atoms. The summed E-state index contributed by atoms with van der Waals surface area (Å²) in [5.74, 6) is 0.553. The standard InChI is InChI=1S/C17H24N2O3/c1-13(20)18-11-15-5-3-4-14(8-15)9-16-10-17(21)19(12-16)6-7-22-2/h3-5,8,16H,6-7,9-12H2,1-2H3,(H,18,20). The molecule has 1 aliphatic heterocycles. The molecule has 0 radical (unpaired) electrons. The van der Waals surface area contributed by atoms with Crippen molar-refractivity contribution in [3.8, 4) is 0 Å². The predicted molar refractivity (Wildman–Crippen MR) is 84.2 cm³/mol. The van der Waals surface area contributed by atoms with E-state index in [1.165, 1.54) is 12.5 Å². The van der Waals surface area contributed by atoms with E-state index in [0.717, 1.165) is 18.5 Å². The van der Waals surface area contributed by atoms with Gasteiger partial charge in [0.15, 0.2) is 0 Å². The molecule has 22 heavy (non-hydrogen) atoms. The summed E-state index contributed by atoms with van der Waals surface area (Å²) < 4.78 is 5.04. The SMILES string of the molecule is COCCN1CC(Cc2cccc(CNC(C)=O)c2)CC1=O. The number of ether oxygens (including phenoxy) is 1. The Balaban J connectivity index is 1.89. The summed E-state index contributed by atoms with van der Waals surface area (Å²) in [6.45, 7) is 4.13. The van der Waals surface area contributed by atoms with Gasteiger partial charge in [0.05, 0.1) is 6.61 Å². The van der Waals surface area contributed by atoms with E-state index in [1.54, 1.807) is 7.11 Å². The molecule has 2 amide bonds. The normalized spacial score (nSPS) is 17.8. The Hall–Kier alpha value is -1.88. The molecule has 2 rings (SSSR count). The summed E-state index contributed by atoms with van der Waals surface area (Å²) in [4.78, 5) is 24.8. The summed E-state index contributed by atoms with van der Waals surface area (Å²) in [5, 5.41) is 2.80. The Morgan fingerprint density at radius 2 is 2.18 bits per heavy atom. The molecule has 1 saturated heterocycles. The molecule has 0 spiro atoms. The van der Waals surface area contributed by atoms with E-state index in [4.69, 9.17) is 4.74 Å². The Kier molecular flexibility index (Phi) is 5.95. The summed E-state index contributed by atoms with van der Waals surface area (Å²) in [6.07, 6.45) is 1.50. The van der Waals surface area contributed by atoms with Crippen LogP contribution in [0.3, 0.4) is 0 Å². The number of hydrogen-bond donors (Lipinski definition) is 1. The highest BCUT2D eigenvalue weighted by molar-refractivity contribution is 5.78. The van der Waals surface area contributed by atoms with Crippen LogP contribution >= 0.6 is 0 Å². The fourth-order valence-electron chi connectivity index (χ4n) is 2.83. The van der Waals surface area contributed by atoms with Gasteiger partial charge in [-0.15, -0.1) is 0 Å². The molecule has 1 unspecified atom stereocenters. The van der Waals surface area contributed by atoms with E-state index in [0.29, 0.717) is 32.0 Å². The number of benzene rings is 1. The minimum absolute atomic E-state index is 0.0272. The maximum atomic E-state index is 11.9. The number of nitrogens with zero attached hydrogens (tertiary/aromatic N) is 1. The summed E-state index contributed by atoms with van der Waals surface area (Å²) in [7, 11) is 1.65. The molecule has 1 aliphatic rings. The van der Waals surface area contributed by atoms with E-state index in [2.05, 4.69) is 17.4 Å². The van der Waals surface area contributed by atoms with Gasteiger partial charge < -0.3 is 15.0 Å². The van der Waals surface area contributed by atoms with E-state index in [-0.39, 0.29) is 11.8 Å². The van der Waals surface area contributed by atoms with Gasteiger partial charge in [0.2, 0.25) is 11.8 Å². The molecule has 1 aromatic rings. The largest absolute Gasteiger partial charge is 0.383 e. The molecule has 120 valence electrons. The van der Waals surface area contributed by atoms with Gasteiger partial charge in [-0.05, 0) is 23.5 Å². The quantitative estimate of drug-likeness (QED) is 0.827. The number of hydrogen-bond acceptors (Lipinski definition) is 3. The predicted octanol–water partition coefficient (Wildman–Crippen LogP) is 1.36. The van der Waals surface area contributed by atoms with Crippen LogP contribution in [0.2, 0.25) is 0 Å². The Morgan fingerprint density at radius 3 is 2.91 bits per heavy atom. The molecular weight excluding hydrogens is 280 g/mol. The molecule has 0 aliphatic carbocycles. The fourth-order valence-corrected chi connectivity index (χ4v) is 2.83. The van der Waals surface area contributed by atoms with Crippen LogP contribution in [0.5, 0.6) is 0 Å². The minimum atomic E-state index is -0.0272. The first-order chi connectivity index (χ1) is 10.6. The van der Waals surface area contributed by atoms with Crippen molar-refractivity contribution in [2.45, 2.75) is 26.3 Å². The fraction of sp³-hybridized carbons (Fsp3) is 0.529. The smallest absolute Gasteiger partial charge is 0.223 e. The highest BCUT2D eigenvalue weighted by atomic mass is 16.5. The number of likely N-dealkylation sites (tertiary alicyclic amines) is 1. The monoisotopic (exact) mass is 304 g/mol. The van der Waals surface area contributed by atoms with Crippen LogP contribution in [-0.2, 0) is 27.3 Å². The highest BCUT2D eigenvalue weighted by Crippen LogP contribution is 2.22. The average Bonchev–Trinajstić information content (AvgIpc) is 2.83.